The number of aromatic nitrogens is 5. The summed E-state index contributed by atoms with van der Waals surface area (Å²) in [5.74, 6) is 12.8. The van der Waals surface area contributed by atoms with Crippen molar-refractivity contribution in [3.05, 3.63) is 89.5 Å². The number of nitrogens with zero attached hydrogens (tertiary/aromatic N) is 5. The fourth-order valence-corrected chi connectivity index (χ4v) is 4.71. The number of para-hydroxylation sites is 2. The van der Waals surface area contributed by atoms with Crippen LogP contribution in [0.25, 0.3) is 21.8 Å². The average molecular weight is 617 g/mol. The van der Waals surface area contributed by atoms with Crippen molar-refractivity contribution in [1.82, 2.24) is 19.6 Å². The zero-order chi connectivity index (χ0) is 33.1. The number of carbonyl (C=O) groups excluding carboxylic acids is 2. The molecule has 0 saturated heterocycles. The normalized spacial score (nSPS) is 11.5. The number of pyridine rings is 1. The van der Waals surface area contributed by atoms with Crippen molar-refractivity contribution >= 4 is 34.0 Å². The first-order valence-electron chi connectivity index (χ1n) is 15.3. The largest absolute Gasteiger partial charge is 0.442 e. The molecule has 46 heavy (non-hydrogen) atoms. The average Bonchev–Trinajstić information content (AvgIpc) is 3.55. The molecule has 0 unspecified atom stereocenters. The standard InChI is InChI=1S/C37H38N5O4/c1-8-9-22-40-24-26(18-20-30-28-14-10-12-16-32(28)41(38-30)34(43)45-36(2,3)4)23-27(25-40)19-21-31-29-15-11-13-17-33(29)42(39-31)35(44)46-37(5,6)7/h10-17,23-25H,8-9,22H2,1-7H3/q+1. The van der Waals surface area contributed by atoms with E-state index in [1.54, 1.807) is 0 Å². The SMILES string of the molecule is CCCC[n+]1cc(C#Cc2nn(C(=O)OC(C)(C)C)c3ccccc23)cc(C#Cc2nn(C(=O)OC(C)(C)C)c3ccccc23)c1. The molecule has 0 fully saturated rings. The van der Waals surface area contributed by atoms with Crippen molar-refractivity contribution in [3.63, 3.8) is 0 Å². The van der Waals surface area contributed by atoms with Crippen LogP contribution in [0.5, 0.6) is 0 Å². The summed E-state index contributed by atoms with van der Waals surface area (Å²) >= 11 is 0. The molecule has 234 valence electrons. The lowest BCUT2D eigenvalue weighted by molar-refractivity contribution is -0.697. The summed E-state index contributed by atoms with van der Waals surface area (Å²) < 4.78 is 15.7. The van der Waals surface area contributed by atoms with Crippen molar-refractivity contribution in [2.75, 3.05) is 0 Å². The van der Waals surface area contributed by atoms with Gasteiger partial charge in [-0.15, -0.1) is 0 Å². The van der Waals surface area contributed by atoms with Crippen LogP contribution in [0.15, 0.2) is 67.0 Å². The van der Waals surface area contributed by atoms with E-state index in [1.165, 1.54) is 9.36 Å². The Labute approximate surface area is 269 Å². The number of aryl methyl sites for hydroxylation is 1. The molecule has 3 aromatic heterocycles. The molecule has 0 spiro atoms. The first kappa shape index (κ1) is 32.0. The summed E-state index contributed by atoms with van der Waals surface area (Å²) in [7, 11) is 0. The van der Waals surface area contributed by atoms with Gasteiger partial charge in [-0.2, -0.15) is 19.6 Å². The van der Waals surface area contributed by atoms with Crippen LogP contribution in [-0.2, 0) is 16.0 Å². The number of ether oxygens (including phenoxy) is 2. The highest BCUT2D eigenvalue weighted by Crippen LogP contribution is 2.21. The summed E-state index contributed by atoms with van der Waals surface area (Å²) in [6, 6.07) is 16.8. The minimum atomic E-state index is -0.663. The molecule has 0 amide bonds. The molecular weight excluding hydrogens is 578 g/mol. The molecule has 0 aliphatic heterocycles. The quantitative estimate of drug-likeness (QED) is 0.163. The molecule has 3 heterocycles. The number of unbranched alkanes of at least 4 members (excludes halogenated alkanes) is 1. The Morgan fingerprint density at radius 2 is 1.15 bits per heavy atom. The van der Waals surface area contributed by atoms with Crippen molar-refractivity contribution in [3.8, 4) is 23.7 Å². The van der Waals surface area contributed by atoms with Crippen LogP contribution < -0.4 is 4.57 Å². The third kappa shape index (κ3) is 7.62. The Morgan fingerprint density at radius 1 is 0.717 bits per heavy atom. The highest BCUT2D eigenvalue weighted by molar-refractivity contribution is 5.92. The Hall–Kier alpha value is -5.41. The van der Waals surface area contributed by atoms with Crippen molar-refractivity contribution < 1.29 is 23.6 Å². The fraction of sp³-hybridized carbons (Fsp3) is 0.324. The van der Waals surface area contributed by atoms with Gasteiger partial charge in [0.05, 0.1) is 22.2 Å². The summed E-state index contributed by atoms with van der Waals surface area (Å²) in [6.07, 6.45) is 4.86. The molecule has 0 atom stereocenters. The minimum absolute atomic E-state index is 0.470. The Morgan fingerprint density at radius 3 is 1.57 bits per heavy atom. The monoisotopic (exact) mass is 616 g/mol. The summed E-state index contributed by atoms with van der Waals surface area (Å²) in [5.41, 5.74) is 2.33. The van der Waals surface area contributed by atoms with Gasteiger partial charge in [0, 0.05) is 17.2 Å². The second-order valence-electron chi connectivity index (χ2n) is 12.9. The first-order valence-corrected chi connectivity index (χ1v) is 15.3. The smallest absolute Gasteiger partial charge is 0.435 e. The van der Waals surface area contributed by atoms with Gasteiger partial charge in [0.15, 0.2) is 12.4 Å². The molecular formula is C37H38N5O4+. The number of hydrogen-bond acceptors (Lipinski definition) is 6. The highest BCUT2D eigenvalue weighted by atomic mass is 16.6. The maximum absolute atomic E-state index is 12.9. The van der Waals surface area contributed by atoms with Gasteiger partial charge in [0.2, 0.25) is 0 Å². The van der Waals surface area contributed by atoms with E-state index in [0.717, 1.165) is 41.3 Å². The van der Waals surface area contributed by atoms with Gasteiger partial charge in [-0.05, 0) is 83.7 Å². The summed E-state index contributed by atoms with van der Waals surface area (Å²) in [4.78, 5) is 25.8. The summed E-state index contributed by atoms with van der Waals surface area (Å²) in [5, 5.41) is 10.5. The zero-order valence-electron chi connectivity index (χ0n) is 27.3. The van der Waals surface area contributed by atoms with E-state index in [4.69, 9.17) is 9.47 Å². The van der Waals surface area contributed by atoms with E-state index >= 15 is 0 Å². The zero-order valence-corrected chi connectivity index (χ0v) is 27.3. The van der Waals surface area contributed by atoms with Gasteiger partial charge in [-0.1, -0.05) is 49.5 Å². The number of fused-ring (bicyclic) bond motifs is 2. The van der Waals surface area contributed by atoms with Crippen LogP contribution in [0.1, 0.15) is 83.8 Å². The Bertz CT molecular complexity index is 1930. The third-order valence-electron chi connectivity index (χ3n) is 6.65. The Balaban J connectivity index is 1.53. The molecule has 9 heteroatoms. The topological polar surface area (TPSA) is 92.1 Å². The van der Waals surface area contributed by atoms with Crippen molar-refractivity contribution in [1.29, 1.82) is 0 Å². The van der Waals surface area contributed by atoms with Gasteiger partial charge in [0.25, 0.3) is 0 Å². The van der Waals surface area contributed by atoms with E-state index in [9.17, 15) is 9.59 Å². The molecule has 0 aliphatic rings. The molecule has 9 nitrogen and oxygen atoms in total. The molecule has 5 aromatic rings. The molecule has 0 N–H and O–H groups in total. The fourth-order valence-electron chi connectivity index (χ4n) is 4.71. The number of rotatable bonds is 3. The van der Waals surface area contributed by atoms with Crippen LogP contribution in [0, 0.1) is 23.7 Å². The van der Waals surface area contributed by atoms with Gasteiger partial charge >= 0.3 is 12.2 Å². The second kappa shape index (κ2) is 12.9. The number of benzene rings is 2. The second-order valence-corrected chi connectivity index (χ2v) is 12.9. The predicted molar refractivity (Wildman–Crippen MR) is 176 cm³/mol. The Kier molecular flexibility index (Phi) is 8.98. The van der Waals surface area contributed by atoms with Crippen LogP contribution in [0.3, 0.4) is 0 Å². The van der Waals surface area contributed by atoms with E-state index in [0.29, 0.717) is 22.4 Å². The number of carbonyl (C=O) groups is 2. The van der Waals surface area contributed by atoms with Gasteiger partial charge in [0.1, 0.15) is 29.1 Å². The lowest BCUT2D eigenvalue weighted by Gasteiger charge is -2.19. The lowest BCUT2D eigenvalue weighted by atomic mass is 10.1. The van der Waals surface area contributed by atoms with Gasteiger partial charge < -0.3 is 9.47 Å². The van der Waals surface area contributed by atoms with E-state index in [1.807, 2.05) is 109 Å². The lowest BCUT2D eigenvalue weighted by Crippen LogP contribution is -2.33. The molecule has 0 aliphatic carbocycles. The summed E-state index contributed by atoms with van der Waals surface area (Å²) in [6.45, 7) is 13.8. The molecule has 2 aromatic carbocycles. The van der Waals surface area contributed by atoms with Crippen LogP contribution in [0.2, 0.25) is 0 Å². The molecule has 0 saturated carbocycles. The van der Waals surface area contributed by atoms with E-state index in [-0.39, 0.29) is 0 Å². The van der Waals surface area contributed by atoms with Crippen LogP contribution >= 0.6 is 0 Å². The highest BCUT2D eigenvalue weighted by Gasteiger charge is 2.23. The van der Waals surface area contributed by atoms with E-state index < -0.39 is 23.4 Å². The predicted octanol–water partition coefficient (Wildman–Crippen LogP) is 6.84. The molecule has 0 radical (unpaired) electrons. The number of hydrogen-bond donors (Lipinski definition) is 0. The van der Waals surface area contributed by atoms with Crippen molar-refractivity contribution in [2.24, 2.45) is 0 Å². The van der Waals surface area contributed by atoms with Gasteiger partial charge in [-0.25, -0.2) is 14.2 Å². The van der Waals surface area contributed by atoms with E-state index in [2.05, 4.69) is 45.4 Å². The molecule has 0 bridgehead atoms. The third-order valence-corrected chi connectivity index (χ3v) is 6.65. The van der Waals surface area contributed by atoms with Crippen LogP contribution in [0.4, 0.5) is 9.59 Å². The van der Waals surface area contributed by atoms with Crippen molar-refractivity contribution in [2.45, 2.75) is 79.1 Å². The first-order chi connectivity index (χ1) is 21.8. The van der Waals surface area contributed by atoms with Gasteiger partial charge in [-0.3, -0.25) is 0 Å². The molecule has 5 rings (SSSR count). The van der Waals surface area contributed by atoms with Crippen LogP contribution in [-0.4, -0.2) is 42.9 Å². The maximum Gasteiger partial charge on any atom is 0.435 e. The minimum Gasteiger partial charge on any atom is -0.442 e. The maximum atomic E-state index is 12.9.